The van der Waals surface area contributed by atoms with E-state index in [1.807, 2.05) is 24.3 Å². The molecule has 0 aliphatic rings. The summed E-state index contributed by atoms with van der Waals surface area (Å²) in [5.74, 6) is -0.684. The minimum absolute atomic E-state index is 0.0318. The maximum absolute atomic E-state index is 12.3. The number of aromatic nitrogens is 3. The highest BCUT2D eigenvalue weighted by Gasteiger charge is 2.14. The van der Waals surface area contributed by atoms with Crippen LogP contribution >= 0.6 is 0 Å². The number of esters is 2. The SMILES string of the molecule is CCC(=O)OCCCCCCOC(=O)c1ccc(O)c(-n2nc3ccccc3n2)c1. The smallest absolute Gasteiger partial charge is 0.338 e. The van der Waals surface area contributed by atoms with Crippen molar-refractivity contribution in [3.63, 3.8) is 0 Å². The van der Waals surface area contributed by atoms with Crippen LogP contribution in [0.15, 0.2) is 42.5 Å². The fourth-order valence-corrected chi connectivity index (χ4v) is 2.87. The number of carbonyl (C=O) groups is 2. The Morgan fingerprint density at radius 3 is 2.20 bits per heavy atom. The van der Waals surface area contributed by atoms with Crippen LogP contribution in [0.3, 0.4) is 0 Å². The van der Waals surface area contributed by atoms with E-state index in [0.717, 1.165) is 25.7 Å². The molecule has 1 aromatic heterocycles. The Kier molecular flexibility index (Phi) is 7.37. The predicted octanol–water partition coefficient (Wildman–Crippen LogP) is 3.80. The minimum atomic E-state index is -0.468. The largest absolute Gasteiger partial charge is 0.506 e. The molecule has 0 saturated carbocycles. The third-order valence-corrected chi connectivity index (χ3v) is 4.54. The normalized spacial score (nSPS) is 10.8. The van der Waals surface area contributed by atoms with Crippen LogP contribution in [0, 0.1) is 0 Å². The fraction of sp³-hybridized carbons (Fsp3) is 0.364. The Labute approximate surface area is 174 Å². The Bertz CT molecular complexity index is 982. The molecular weight excluding hydrogens is 386 g/mol. The molecule has 0 unspecified atom stereocenters. The van der Waals surface area contributed by atoms with E-state index in [-0.39, 0.29) is 11.7 Å². The van der Waals surface area contributed by atoms with Crippen molar-refractivity contribution >= 4 is 23.0 Å². The number of phenolic OH excluding ortho intramolecular Hbond substituents is 1. The number of unbranched alkanes of at least 4 members (excludes halogenated alkanes) is 3. The van der Waals surface area contributed by atoms with Gasteiger partial charge in [-0.3, -0.25) is 4.79 Å². The maximum atomic E-state index is 12.3. The number of benzene rings is 2. The van der Waals surface area contributed by atoms with E-state index in [9.17, 15) is 14.7 Å². The van der Waals surface area contributed by atoms with E-state index in [2.05, 4.69) is 10.2 Å². The highest BCUT2D eigenvalue weighted by molar-refractivity contribution is 5.90. The zero-order valence-corrected chi connectivity index (χ0v) is 16.9. The molecule has 0 atom stereocenters. The first-order chi connectivity index (χ1) is 14.6. The molecule has 1 N–H and O–H groups in total. The van der Waals surface area contributed by atoms with Gasteiger partial charge in [-0.25, -0.2) is 4.79 Å². The lowest BCUT2D eigenvalue weighted by Crippen LogP contribution is -2.08. The van der Waals surface area contributed by atoms with Crippen LogP contribution in [0.1, 0.15) is 49.4 Å². The molecule has 0 fully saturated rings. The van der Waals surface area contributed by atoms with Gasteiger partial charge in [0.1, 0.15) is 22.5 Å². The molecule has 0 bridgehead atoms. The molecule has 0 amide bonds. The second kappa shape index (κ2) is 10.4. The van der Waals surface area contributed by atoms with E-state index in [4.69, 9.17) is 9.47 Å². The van der Waals surface area contributed by atoms with Gasteiger partial charge in [-0.15, -0.1) is 15.0 Å². The van der Waals surface area contributed by atoms with Crippen molar-refractivity contribution in [1.82, 2.24) is 15.0 Å². The standard InChI is InChI=1S/C22H25N3O5/c1-2-21(27)29-13-7-3-4-8-14-30-22(28)16-11-12-20(26)19(15-16)25-23-17-9-5-6-10-18(17)24-25/h5-6,9-12,15,26H,2-4,7-8,13-14H2,1H3. The summed E-state index contributed by atoms with van der Waals surface area (Å²) in [4.78, 5) is 24.7. The van der Waals surface area contributed by atoms with Crippen molar-refractivity contribution in [2.75, 3.05) is 13.2 Å². The van der Waals surface area contributed by atoms with Gasteiger partial charge in [-0.2, -0.15) is 0 Å². The molecule has 0 spiro atoms. The van der Waals surface area contributed by atoms with Gasteiger partial charge in [-0.1, -0.05) is 19.1 Å². The van der Waals surface area contributed by atoms with E-state index in [1.165, 1.54) is 23.0 Å². The number of ether oxygens (including phenoxy) is 2. The van der Waals surface area contributed by atoms with Crippen LogP contribution in [-0.4, -0.2) is 45.3 Å². The lowest BCUT2D eigenvalue weighted by molar-refractivity contribution is -0.143. The molecule has 1 heterocycles. The topological polar surface area (TPSA) is 104 Å². The van der Waals surface area contributed by atoms with Crippen LogP contribution in [0.4, 0.5) is 0 Å². The first-order valence-electron chi connectivity index (χ1n) is 10.1. The summed E-state index contributed by atoms with van der Waals surface area (Å²) in [5, 5.41) is 18.8. The third-order valence-electron chi connectivity index (χ3n) is 4.54. The van der Waals surface area contributed by atoms with Gasteiger partial charge < -0.3 is 14.6 Å². The molecule has 3 rings (SSSR count). The monoisotopic (exact) mass is 411 g/mol. The van der Waals surface area contributed by atoms with Crippen molar-refractivity contribution in [1.29, 1.82) is 0 Å². The first-order valence-corrected chi connectivity index (χ1v) is 10.1. The van der Waals surface area contributed by atoms with Crippen LogP contribution in [-0.2, 0) is 14.3 Å². The van der Waals surface area contributed by atoms with Gasteiger partial charge in [0.15, 0.2) is 0 Å². The molecular formula is C22H25N3O5. The number of hydrogen-bond acceptors (Lipinski definition) is 7. The van der Waals surface area contributed by atoms with E-state index in [0.29, 0.717) is 41.9 Å². The molecule has 2 aromatic carbocycles. The Morgan fingerprint density at radius 1 is 0.933 bits per heavy atom. The number of aromatic hydroxyl groups is 1. The summed E-state index contributed by atoms with van der Waals surface area (Å²) in [6, 6.07) is 11.8. The lowest BCUT2D eigenvalue weighted by Gasteiger charge is -2.08. The van der Waals surface area contributed by atoms with Crippen LogP contribution in [0.25, 0.3) is 16.7 Å². The molecule has 0 saturated heterocycles. The van der Waals surface area contributed by atoms with Crippen LogP contribution < -0.4 is 0 Å². The van der Waals surface area contributed by atoms with Crippen molar-refractivity contribution in [3.8, 4) is 11.4 Å². The van der Waals surface area contributed by atoms with Crippen molar-refractivity contribution in [2.24, 2.45) is 0 Å². The fourth-order valence-electron chi connectivity index (χ4n) is 2.87. The van der Waals surface area contributed by atoms with Crippen molar-refractivity contribution in [3.05, 3.63) is 48.0 Å². The summed E-state index contributed by atoms with van der Waals surface area (Å²) < 4.78 is 10.3. The molecule has 0 aliphatic carbocycles. The van der Waals surface area contributed by atoms with Crippen LogP contribution in [0.5, 0.6) is 5.75 Å². The molecule has 3 aromatic rings. The van der Waals surface area contributed by atoms with Gasteiger partial charge in [-0.05, 0) is 56.0 Å². The quantitative estimate of drug-likeness (QED) is 0.400. The van der Waals surface area contributed by atoms with E-state index in [1.54, 1.807) is 6.92 Å². The number of phenols is 1. The Balaban J connectivity index is 1.49. The summed E-state index contributed by atoms with van der Waals surface area (Å²) >= 11 is 0. The van der Waals surface area contributed by atoms with Crippen LogP contribution in [0.2, 0.25) is 0 Å². The molecule has 158 valence electrons. The number of fused-ring (bicyclic) bond motifs is 1. The predicted molar refractivity (Wildman–Crippen MR) is 111 cm³/mol. The van der Waals surface area contributed by atoms with Gasteiger partial charge in [0.2, 0.25) is 0 Å². The molecule has 0 radical (unpaired) electrons. The molecule has 8 nitrogen and oxygen atoms in total. The maximum Gasteiger partial charge on any atom is 0.338 e. The Hall–Kier alpha value is -3.42. The summed E-state index contributed by atoms with van der Waals surface area (Å²) in [6.45, 7) is 2.49. The lowest BCUT2D eigenvalue weighted by atomic mass is 10.2. The van der Waals surface area contributed by atoms with Gasteiger partial charge in [0.05, 0.1) is 18.8 Å². The highest BCUT2D eigenvalue weighted by Crippen LogP contribution is 2.23. The number of hydrogen-bond donors (Lipinski definition) is 1. The Morgan fingerprint density at radius 2 is 1.57 bits per heavy atom. The number of rotatable bonds is 10. The average molecular weight is 411 g/mol. The summed E-state index contributed by atoms with van der Waals surface area (Å²) in [6.07, 6.45) is 3.69. The van der Waals surface area contributed by atoms with Gasteiger partial charge in [0, 0.05) is 6.42 Å². The van der Waals surface area contributed by atoms with E-state index >= 15 is 0 Å². The zero-order chi connectivity index (χ0) is 21.3. The molecule has 8 heteroatoms. The van der Waals surface area contributed by atoms with Gasteiger partial charge >= 0.3 is 11.9 Å². The van der Waals surface area contributed by atoms with Crippen molar-refractivity contribution < 1.29 is 24.2 Å². The van der Waals surface area contributed by atoms with E-state index < -0.39 is 5.97 Å². The number of nitrogens with zero attached hydrogens (tertiary/aromatic N) is 3. The van der Waals surface area contributed by atoms with Gasteiger partial charge in [0.25, 0.3) is 0 Å². The highest BCUT2D eigenvalue weighted by atomic mass is 16.5. The second-order valence-corrected chi connectivity index (χ2v) is 6.81. The molecule has 0 aliphatic heterocycles. The number of carbonyl (C=O) groups excluding carboxylic acids is 2. The zero-order valence-electron chi connectivity index (χ0n) is 16.9. The minimum Gasteiger partial charge on any atom is -0.506 e. The summed E-state index contributed by atoms with van der Waals surface area (Å²) in [7, 11) is 0. The third kappa shape index (κ3) is 5.56. The molecule has 30 heavy (non-hydrogen) atoms. The summed E-state index contributed by atoms with van der Waals surface area (Å²) in [5.41, 5.74) is 2.00. The first kappa shape index (κ1) is 21.3. The van der Waals surface area contributed by atoms with Crippen molar-refractivity contribution in [2.45, 2.75) is 39.0 Å². The average Bonchev–Trinajstić information content (AvgIpc) is 3.19. The second-order valence-electron chi connectivity index (χ2n) is 6.81.